The minimum Gasteiger partial charge on any atom is -0.350 e. The van der Waals surface area contributed by atoms with Crippen LogP contribution in [0, 0.1) is 0 Å². The van der Waals surface area contributed by atoms with Gasteiger partial charge >= 0.3 is 5.69 Å². The predicted molar refractivity (Wildman–Crippen MR) is 109 cm³/mol. The van der Waals surface area contributed by atoms with Crippen molar-refractivity contribution in [2.75, 3.05) is 13.1 Å². The lowest BCUT2D eigenvalue weighted by atomic mass is 10.1. The monoisotopic (exact) mass is 385 g/mol. The van der Waals surface area contributed by atoms with E-state index in [2.05, 4.69) is 35.2 Å². The third-order valence-electron chi connectivity index (χ3n) is 5.46. The van der Waals surface area contributed by atoms with E-state index in [0.717, 1.165) is 56.7 Å². The number of carbonyl (C=O) groups is 1. The van der Waals surface area contributed by atoms with Crippen LogP contribution in [0.25, 0.3) is 0 Å². The predicted octanol–water partition coefficient (Wildman–Crippen LogP) is 1.93. The highest BCUT2D eigenvalue weighted by atomic mass is 16.2. The van der Waals surface area contributed by atoms with Crippen LogP contribution < -0.4 is 11.0 Å². The van der Waals surface area contributed by atoms with Gasteiger partial charge in [0.1, 0.15) is 12.4 Å². The summed E-state index contributed by atoms with van der Waals surface area (Å²) < 4.78 is 3.03. The topological polar surface area (TPSA) is 72.2 Å². The fourth-order valence-corrected chi connectivity index (χ4v) is 3.69. The van der Waals surface area contributed by atoms with E-state index in [1.807, 2.05) is 18.2 Å². The van der Waals surface area contributed by atoms with Crippen molar-refractivity contribution in [3.8, 4) is 0 Å². The number of amides is 1. The van der Waals surface area contributed by atoms with Gasteiger partial charge in [0.15, 0.2) is 0 Å². The fraction of sp³-hybridized carbons (Fsp3) is 0.571. The molecule has 0 atom stereocenters. The third-order valence-corrected chi connectivity index (χ3v) is 5.46. The summed E-state index contributed by atoms with van der Waals surface area (Å²) in [5.74, 6) is 0.618. The van der Waals surface area contributed by atoms with Gasteiger partial charge in [0.2, 0.25) is 5.91 Å². The van der Waals surface area contributed by atoms with Gasteiger partial charge in [0.05, 0.1) is 0 Å². The van der Waals surface area contributed by atoms with Gasteiger partial charge in [-0.05, 0) is 37.1 Å². The van der Waals surface area contributed by atoms with Crippen LogP contribution in [0.4, 0.5) is 0 Å². The number of benzene rings is 1. The van der Waals surface area contributed by atoms with Crippen LogP contribution in [0.3, 0.4) is 0 Å². The Balaban J connectivity index is 1.62. The number of hydrogen-bond acceptors (Lipinski definition) is 4. The van der Waals surface area contributed by atoms with Gasteiger partial charge in [0, 0.05) is 26.1 Å². The summed E-state index contributed by atoms with van der Waals surface area (Å²) in [5, 5.41) is 7.33. The van der Waals surface area contributed by atoms with Crippen molar-refractivity contribution in [3.63, 3.8) is 0 Å². The Hall–Kier alpha value is -2.41. The first kappa shape index (κ1) is 20.3. The van der Waals surface area contributed by atoms with Gasteiger partial charge in [-0.15, -0.1) is 0 Å². The molecular weight excluding hydrogens is 354 g/mol. The second-order valence-corrected chi connectivity index (χ2v) is 7.33. The molecule has 0 unspecified atom stereocenters. The Morgan fingerprint density at radius 2 is 1.89 bits per heavy atom. The highest BCUT2D eigenvalue weighted by Crippen LogP contribution is 2.12. The molecule has 152 valence electrons. The molecule has 0 saturated carbocycles. The number of rotatable bonds is 8. The highest BCUT2D eigenvalue weighted by molar-refractivity contribution is 5.75. The standard InChI is InChI=1S/C21H31N5O2/c1-3-24(4-2)15-18-11-8-7-10-17(18)14-22-20(27)16-26-21(28)25-13-9-5-6-12-19(25)23-26/h7-8,10-11H,3-6,9,12-16H2,1-2H3,(H,22,27). The summed E-state index contributed by atoms with van der Waals surface area (Å²) in [6.07, 6.45) is 3.97. The zero-order valence-electron chi connectivity index (χ0n) is 17.0. The fourth-order valence-electron chi connectivity index (χ4n) is 3.69. The molecule has 0 spiro atoms. The molecule has 1 aromatic heterocycles. The van der Waals surface area contributed by atoms with Crippen molar-refractivity contribution in [1.29, 1.82) is 0 Å². The Kier molecular flexibility index (Phi) is 7.03. The smallest absolute Gasteiger partial charge is 0.346 e. The van der Waals surface area contributed by atoms with Gasteiger partial charge in [-0.1, -0.05) is 44.5 Å². The lowest BCUT2D eigenvalue weighted by Crippen LogP contribution is -2.33. The Morgan fingerprint density at radius 1 is 1.14 bits per heavy atom. The first-order valence-electron chi connectivity index (χ1n) is 10.3. The van der Waals surface area contributed by atoms with Crippen molar-refractivity contribution < 1.29 is 4.79 Å². The molecule has 0 radical (unpaired) electrons. The van der Waals surface area contributed by atoms with E-state index in [9.17, 15) is 9.59 Å². The number of hydrogen-bond donors (Lipinski definition) is 1. The maximum absolute atomic E-state index is 12.5. The van der Waals surface area contributed by atoms with Crippen LogP contribution in [0.15, 0.2) is 29.1 Å². The van der Waals surface area contributed by atoms with Crippen LogP contribution in [-0.2, 0) is 37.4 Å². The van der Waals surface area contributed by atoms with E-state index in [1.54, 1.807) is 4.57 Å². The molecule has 7 heteroatoms. The quantitative estimate of drug-likeness (QED) is 0.754. The molecule has 1 aromatic carbocycles. The average Bonchev–Trinajstić information content (AvgIpc) is 2.87. The normalized spacial score (nSPS) is 14.0. The number of aryl methyl sites for hydroxylation is 1. The Bertz CT molecular complexity index is 851. The molecule has 7 nitrogen and oxygen atoms in total. The van der Waals surface area contributed by atoms with E-state index in [-0.39, 0.29) is 18.1 Å². The minimum atomic E-state index is -0.187. The van der Waals surface area contributed by atoms with Crippen LogP contribution in [0.1, 0.15) is 50.1 Å². The van der Waals surface area contributed by atoms with Crippen molar-refractivity contribution in [2.24, 2.45) is 0 Å². The van der Waals surface area contributed by atoms with E-state index >= 15 is 0 Å². The second kappa shape index (κ2) is 9.68. The third kappa shape index (κ3) is 4.90. The summed E-state index contributed by atoms with van der Waals surface area (Å²) in [7, 11) is 0. The number of nitrogens with zero attached hydrogens (tertiary/aromatic N) is 4. The molecule has 1 aliphatic heterocycles. The average molecular weight is 386 g/mol. The Morgan fingerprint density at radius 3 is 2.64 bits per heavy atom. The SMILES string of the molecule is CCN(CC)Cc1ccccc1CNC(=O)Cn1nc2n(c1=O)CCCCC2. The summed E-state index contributed by atoms with van der Waals surface area (Å²) in [4.78, 5) is 27.3. The highest BCUT2D eigenvalue weighted by Gasteiger charge is 2.17. The molecule has 0 aliphatic carbocycles. The molecule has 0 fully saturated rings. The maximum Gasteiger partial charge on any atom is 0.346 e. The summed E-state index contributed by atoms with van der Waals surface area (Å²) >= 11 is 0. The first-order chi connectivity index (χ1) is 13.6. The van der Waals surface area contributed by atoms with Gasteiger partial charge in [-0.3, -0.25) is 14.3 Å². The van der Waals surface area contributed by atoms with E-state index in [4.69, 9.17) is 0 Å². The summed E-state index contributed by atoms with van der Waals surface area (Å²) in [5.41, 5.74) is 2.15. The lowest BCUT2D eigenvalue weighted by Gasteiger charge is -2.20. The van der Waals surface area contributed by atoms with Crippen LogP contribution in [0.2, 0.25) is 0 Å². The minimum absolute atomic E-state index is 0.0307. The molecule has 1 aliphatic rings. The van der Waals surface area contributed by atoms with Gasteiger partial charge in [-0.25, -0.2) is 9.48 Å². The summed E-state index contributed by atoms with van der Waals surface area (Å²) in [6.45, 7) is 8.28. The lowest BCUT2D eigenvalue weighted by molar-refractivity contribution is -0.122. The molecule has 0 saturated heterocycles. The number of fused-ring (bicyclic) bond motifs is 1. The van der Waals surface area contributed by atoms with Crippen LogP contribution >= 0.6 is 0 Å². The largest absolute Gasteiger partial charge is 0.350 e. The van der Waals surface area contributed by atoms with Crippen molar-refractivity contribution in [1.82, 2.24) is 24.6 Å². The van der Waals surface area contributed by atoms with Crippen LogP contribution in [0.5, 0.6) is 0 Å². The molecule has 2 heterocycles. The van der Waals surface area contributed by atoms with E-state index in [1.165, 1.54) is 10.2 Å². The van der Waals surface area contributed by atoms with Crippen LogP contribution in [-0.4, -0.2) is 38.2 Å². The number of aromatic nitrogens is 3. The van der Waals surface area contributed by atoms with Gasteiger partial charge < -0.3 is 5.32 Å². The molecule has 1 N–H and O–H groups in total. The van der Waals surface area contributed by atoms with E-state index < -0.39 is 0 Å². The van der Waals surface area contributed by atoms with Gasteiger partial charge in [-0.2, -0.15) is 5.10 Å². The Labute approximate surface area is 166 Å². The van der Waals surface area contributed by atoms with E-state index in [0.29, 0.717) is 13.1 Å². The number of carbonyl (C=O) groups excluding carboxylic acids is 1. The zero-order chi connectivity index (χ0) is 19.9. The molecule has 28 heavy (non-hydrogen) atoms. The zero-order valence-corrected chi connectivity index (χ0v) is 17.0. The molecule has 2 aromatic rings. The molecule has 0 bridgehead atoms. The first-order valence-corrected chi connectivity index (χ1v) is 10.3. The maximum atomic E-state index is 12.5. The van der Waals surface area contributed by atoms with Crippen molar-refractivity contribution in [3.05, 3.63) is 51.7 Å². The van der Waals surface area contributed by atoms with Crippen molar-refractivity contribution in [2.45, 2.75) is 65.7 Å². The summed E-state index contributed by atoms with van der Waals surface area (Å²) in [6, 6.07) is 8.17. The van der Waals surface area contributed by atoms with Crippen molar-refractivity contribution >= 4 is 5.91 Å². The number of nitrogens with one attached hydrogen (secondary N) is 1. The second-order valence-electron chi connectivity index (χ2n) is 7.33. The molecule has 3 rings (SSSR count). The molecular formula is C21H31N5O2. The molecule has 1 amide bonds. The van der Waals surface area contributed by atoms with Gasteiger partial charge in [0.25, 0.3) is 0 Å².